The molecule has 1 aromatic carbocycles. The van der Waals surface area contributed by atoms with E-state index >= 15 is 8.63 Å². The molecule has 2 aliphatic rings. The van der Waals surface area contributed by atoms with Crippen molar-refractivity contribution in [1.82, 2.24) is 4.48 Å². The first-order chi connectivity index (χ1) is 14.8. The summed E-state index contributed by atoms with van der Waals surface area (Å²) in [4.78, 5) is 2.77. The highest BCUT2D eigenvalue weighted by Gasteiger charge is 2.55. The Labute approximate surface area is 181 Å². The average molecular weight is 421 g/mol. The number of allylic oxidation sites excluding steroid dienone is 2. The van der Waals surface area contributed by atoms with Gasteiger partial charge in [0.1, 0.15) is 5.71 Å². The predicted molar refractivity (Wildman–Crippen MR) is 121 cm³/mol. The minimum Gasteiger partial charge on any atom is -0.393 e. The summed E-state index contributed by atoms with van der Waals surface area (Å²) >= 11 is 0. The molecule has 8 heteroatoms. The van der Waals surface area contributed by atoms with Crippen LogP contribution in [0.2, 0.25) is 0 Å². The second kappa shape index (κ2) is 7.86. The van der Waals surface area contributed by atoms with Crippen molar-refractivity contribution in [2.24, 2.45) is 5.11 Å². The molecule has 0 saturated heterocycles. The largest absolute Gasteiger partial charge is 0.737 e. The molecule has 4 rings (SSSR count). The molecule has 0 fully saturated rings. The van der Waals surface area contributed by atoms with Crippen molar-refractivity contribution in [2.45, 2.75) is 47.0 Å². The van der Waals surface area contributed by atoms with Crippen LogP contribution in [0.25, 0.3) is 16.0 Å². The molecule has 1 aromatic heterocycles. The van der Waals surface area contributed by atoms with Gasteiger partial charge in [-0.05, 0) is 74.0 Å². The van der Waals surface area contributed by atoms with Gasteiger partial charge in [0.25, 0.3) is 0 Å². The number of hydrogen-bond acceptors (Lipinski definition) is 1. The van der Waals surface area contributed by atoms with Crippen LogP contribution in [0.5, 0.6) is 0 Å². The Hall–Kier alpha value is -3.12. The Morgan fingerprint density at radius 3 is 2.48 bits per heavy atom. The summed E-state index contributed by atoms with van der Waals surface area (Å²) in [6, 6.07) is 10.1. The van der Waals surface area contributed by atoms with Crippen LogP contribution in [0.3, 0.4) is 0 Å². The van der Waals surface area contributed by atoms with Crippen molar-refractivity contribution in [3.05, 3.63) is 86.2 Å². The van der Waals surface area contributed by atoms with Crippen LogP contribution in [0.1, 0.15) is 54.8 Å². The zero-order valence-corrected chi connectivity index (χ0v) is 18.4. The zero-order chi connectivity index (χ0) is 22.3. The van der Waals surface area contributed by atoms with Crippen molar-refractivity contribution in [3.63, 3.8) is 0 Å². The number of rotatable bonds is 6. The second-order valence-corrected chi connectivity index (χ2v) is 8.45. The number of hydrogen-bond donors (Lipinski definition) is 0. The Balaban J connectivity index is 1.78. The van der Waals surface area contributed by atoms with E-state index in [9.17, 15) is 0 Å². The first-order valence-electron chi connectivity index (χ1n) is 10.6. The van der Waals surface area contributed by atoms with Crippen molar-refractivity contribution in [2.75, 3.05) is 6.54 Å². The molecule has 3 heterocycles. The molecule has 0 saturated carbocycles. The Morgan fingerprint density at radius 2 is 1.81 bits per heavy atom. The summed E-state index contributed by atoms with van der Waals surface area (Å²) in [7, 11) is 0. The van der Waals surface area contributed by atoms with Crippen LogP contribution in [0.4, 0.5) is 8.63 Å². The van der Waals surface area contributed by atoms with Crippen molar-refractivity contribution < 1.29 is 13.1 Å². The highest BCUT2D eigenvalue weighted by Crippen LogP contribution is 2.44. The lowest BCUT2D eigenvalue weighted by molar-refractivity contribution is -0.363. The van der Waals surface area contributed by atoms with Gasteiger partial charge in [0.2, 0.25) is 0 Å². The van der Waals surface area contributed by atoms with Gasteiger partial charge in [-0.3, -0.25) is 0 Å². The maximum atomic E-state index is 15.7. The van der Waals surface area contributed by atoms with E-state index in [-0.39, 0.29) is 0 Å². The smallest absolute Gasteiger partial charge is 0.393 e. The van der Waals surface area contributed by atoms with Gasteiger partial charge < -0.3 is 17.6 Å². The fraction of sp³-hybridized carbons (Fsp3) is 0.348. The summed E-state index contributed by atoms with van der Waals surface area (Å²) in [5.41, 5.74) is 15.4. The number of fused-ring (bicyclic) bond motifs is 2. The highest BCUT2D eigenvalue weighted by molar-refractivity contribution is 6.58. The fourth-order valence-corrected chi connectivity index (χ4v) is 4.97. The van der Waals surface area contributed by atoms with Gasteiger partial charge in [0.05, 0.1) is 5.57 Å². The Morgan fingerprint density at radius 1 is 1.10 bits per heavy atom. The molecule has 0 atom stereocenters. The van der Waals surface area contributed by atoms with E-state index in [2.05, 4.69) is 22.2 Å². The van der Waals surface area contributed by atoms with E-state index in [1.807, 2.05) is 38.1 Å². The van der Waals surface area contributed by atoms with Gasteiger partial charge in [0.15, 0.2) is 5.70 Å². The summed E-state index contributed by atoms with van der Waals surface area (Å²) in [5.74, 6) is 0. The summed E-state index contributed by atoms with van der Waals surface area (Å²) in [6.45, 7) is 3.87. The molecule has 0 unspecified atom stereocenters. The molecular formula is C23H26BF2N5. The summed E-state index contributed by atoms with van der Waals surface area (Å²) in [6.07, 6.45) is 4.52. The Kier molecular flexibility index (Phi) is 5.35. The van der Waals surface area contributed by atoms with Crippen LogP contribution in [0.15, 0.2) is 52.8 Å². The van der Waals surface area contributed by atoms with Gasteiger partial charge in [-0.1, -0.05) is 29.4 Å². The highest BCUT2D eigenvalue weighted by atomic mass is 19.2. The first kappa shape index (κ1) is 21.1. The maximum absolute atomic E-state index is 15.7. The molecule has 160 valence electrons. The molecule has 2 aliphatic heterocycles. The third-order valence-electron chi connectivity index (χ3n) is 6.21. The van der Waals surface area contributed by atoms with Crippen LogP contribution in [-0.4, -0.2) is 28.2 Å². The molecule has 0 spiro atoms. The first-order valence-corrected chi connectivity index (χ1v) is 10.6. The van der Waals surface area contributed by atoms with E-state index in [1.54, 1.807) is 13.8 Å². The minimum absolute atomic E-state index is 0.508. The summed E-state index contributed by atoms with van der Waals surface area (Å²) < 4.78 is 33.8. The average Bonchev–Trinajstić information content (AvgIpc) is 3.19. The molecule has 0 bridgehead atoms. The quantitative estimate of drug-likeness (QED) is 0.176. The van der Waals surface area contributed by atoms with Gasteiger partial charge in [-0.2, -0.15) is 0 Å². The lowest BCUT2D eigenvalue weighted by Gasteiger charge is -2.34. The van der Waals surface area contributed by atoms with E-state index < -0.39 is 6.97 Å². The normalized spacial score (nSPS) is 16.8. The predicted octanol–water partition coefficient (Wildman–Crippen LogP) is 6.17. The van der Waals surface area contributed by atoms with Gasteiger partial charge >= 0.3 is 6.97 Å². The molecule has 0 amide bonds. The van der Waals surface area contributed by atoms with Crippen molar-refractivity contribution >= 4 is 18.3 Å². The van der Waals surface area contributed by atoms with Crippen LogP contribution in [-0.2, 0) is 6.42 Å². The second-order valence-electron chi connectivity index (χ2n) is 8.45. The maximum Gasteiger partial charge on any atom is 0.737 e. The van der Waals surface area contributed by atoms with Crippen molar-refractivity contribution in [3.8, 4) is 0 Å². The number of unbranched alkanes of at least 4 members (excludes halogenated alkanes) is 1. The number of nitrogens with zero attached hydrogens (tertiary/aromatic N) is 5. The van der Waals surface area contributed by atoms with Gasteiger partial charge in [-0.25, -0.2) is 0 Å². The lowest BCUT2D eigenvalue weighted by Crippen LogP contribution is -2.51. The lowest BCUT2D eigenvalue weighted by atomic mass is 9.83. The van der Waals surface area contributed by atoms with E-state index in [0.717, 1.165) is 41.5 Å². The van der Waals surface area contributed by atoms with Crippen LogP contribution < -0.4 is 0 Å². The number of aromatic nitrogens is 1. The SMILES string of the molecule is CC1=CC(C)=[N+]2C1=C(c1ccc(CCCCN=[N+]=[N-])cc1)c1c(C)cc(C)n1[B-]2(F)F. The monoisotopic (exact) mass is 421 g/mol. The molecule has 0 radical (unpaired) electrons. The fourth-order valence-electron chi connectivity index (χ4n) is 4.97. The van der Waals surface area contributed by atoms with Gasteiger partial charge in [0, 0.05) is 35.7 Å². The number of halogens is 2. The molecule has 0 aliphatic carbocycles. The number of aryl methyl sites for hydroxylation is 3. The number of benzene rings is 1. The topological polar surface area (TPSA) is 56.7 Å². The molecular weight excluding hydrogens is 395 g/mol. The molecule has 2 aromatic rings. The number of azide groups is 1. The zero-order valence-electron chi connectivity index (χ0n) is 18.4. The minimum atomic E-state index is -3.95. The van der Waals surface area contributed by atoms with Crippen LogP contribution in [0, 0.1) is 13.8 Å². The van der Waals surface area contributed by atoms with Crippen LogP contribution >= 0.6 is 0 Å². The summed E-state index contributed by atoms with van der Waals surface area (Å²) in [5, 5.41) is 3.57. The third kappa shape index (κ3) is 3.41. The van der Waals surface area contributed by atoms with E-state index in [1.165, 1.54) is 14.5 Å². The molecule has 0 N–H and O–H groups in total. The molecule has 5 nitrogen and oxygen atoms in total. The Bertz CT molecular complexity index is 1200. The van der Waals surface area contributed by atoms with Crippen molar-refractivity contribution in [1.29, 1.82) is 0 Å². The van der Waals surface area contributed by atoms with Gasteiger partial charge in [-0.15, -0.1) is 0 Å². The molecule has 31 heavy (non-hydrogen) atoms. The van der Waals surface area contributed by atoms with E-state index in [0.29, 0.717) is 29.3 Å². The van der Waals surface area contributed by atoms with E-state index in [4.69, 9.17) is 5.53 Å². The third-order valence-corrected chi connectivity index (χ3v) is 6.21. The standard InChI is InChI=1S/C23H26BF2N5/c1-15-13-17(3)30-22(15)21(23-16(2)14-18(4)31(23)24(30,25)26)20-10-8-19(9-11-20)7-5-6-12-28-29-27/h8-11,13-14H,5-7,12H2,1-4H3.